The van der Waals surface area contributed by atoms with E-state index in [2.05, 4.69) is 38.3 Å². The molecule has 2 aliphatic rings. The van der Waals surface area contributed by atoms with Crippen LogP contribution in [0.1, 0.15) is 27.7 Å². The van der Waals surface area contributed by atoms with E-state index >= 15 is 0 Å². The van der Waals surface area contributed by atoms with Crippen molar-refractivity contribution in [2.75, 3.05) is 26.7 Å². The van der Waals surface area contributed by atoms with Crippen LogP contribution < -0.4 is 10.6 Å². The lowest BCUT2D eigenvalue weighted by Gasteiger charge is -2.35. The zero-order valence-electron chi connectivity index (χ0n) is 12.5. The van der Waals surface area contributed by atoms with Crippen LogP contribution in [0.2, 0.25) is 0 Å². The largest absolute Gasteiger partial charge is 0.357 e. The van der Waals surface area contributed by atoms with E-state index in [4.69, 9.17) is 0 Å². The lowest BCUT2D eigenvalue weighted by molar-refractivity contribution is -0.143. The first-order valence-corrected chi connectivity index (χ1v) is 6.98. The maximum absolute atomic E-state index is 12.7. The topological polar surface area (TPSA) is 61.4 Å². The van der Waals surface area contributed by atoms with Crippen molar-refractivity contribution in [2.45, 2.75) is 33.7 Å². The monoisotopic (exact) mass is 267 g/mol. The number of piperazine rings is 1. The summed E-state index contributed by atoms with van der Waals surface area (Å²) in [7, 11) is 1.62. The number of hydrogen-bond acceptors (Lipinski definition) is 3. The van der Waals surface area contributed by atoms with Crippen molar-refractivity contribution in [1.82, 2.24) is 15.5 Å². The Labute approximate surface area is 115 Å². The van der Waals surface area contributed by atoms with Crippen molar-refractivity contribution in [3.8, 4) is 0 Å². The summed E-state index contributed by atoms with van der Waals surface area (Å²) in [5, 5.41) is 5.83. The minimum absolute atomic E-state index is 0.0161. The Morgan fingerprint density at radius 1 is 1.21 bits per heavy atom. The molecule has 0 radical (unpaired) electrons. The molecule has 2 amide bonds. The molecule has 1 unspecified atom stereocenters. The van der Waals surface area contributed by atoms with Crippen LogP contribution in [-0.2, 0) is 9.59 Å². The molecule has 0 bridgehead atoms. The molecule has 19 heavy (non-hydrogen) atoms. The van der Waals surface area contributed by atoms with Gasteiger partial charge in [-0.1, -0.05) is 27.7 Å². The molecule has 0 aromatic rings. The third-order valence-electron chi connectivity index (χ3n) is 5.34. The summed E-state index contributed by atoms with van der Waals surface area (Å²) < 4.78 is 0. The molecule has 2 N–H and O–H groups in total. The Morgan fingerprint density at radius 3 is 2.26 bits per heavy atom. The van der Waals surface area contributed by atoms with E-state index < -0.39 is 0 Å². The minimum atomic E-state index is -0.376. The number of hydrogen-bond donors (Lipinski definition) is 2. The third-order valence-corrected chi connectivity index (χ3v) is 5.34. The van der Waals surface area contributed by atoms with Crippen molar-refractivity contribution in [1.29, 1.82) is 0 Å². The number of amides is 2. The molecule has 2 fully saturated rings. The van der Waals surface area contributed by atoms with Crippen LogP contribution in [0.3, 0.4) is 0 Å². The van der Waals surface area contributed by atoms with Gasteiger partial charge in [-0.05, 0) is 10.8 Å². The van der Waals surface area contributed by atoms with Gasteiger partial charge in [0, 0.05) is 32.6 Å². The first-order chi connectivity index (χ1) is 8.75. The second-order valence-corrected chi connectivity index (χ2v) is 6.74. The molecule has 1 atom stereocenters. The molecular formula is C14H25N3O2. The van der Waals surface area contributed by atoms with Crippen LogP contribution in [0.4, 0.5) is 0 Å². The highest BCUT2D eigenvalue weighted by Crippen LogP contribution is 2.68. The van der Waals surface area contributed by atoms with Gasteiger partial charge in [0.05, 0.1) is 0 Å². The third kappa shape index (κ3) is 2.04. The van der Waals surface area contributed by atoms with Gasteiger partial charge < -0.3 is 15.5 Å². The molecule has 0 aromatic heterocycles. The summed E-state index contributed by atoms with van der Waals surface area (Å²) in [6, 6.07) is -0.376. The molecule has 2 rings (SSSR count). The smallest absolute Gasteiger partial charge is 0.243 e. The summed E-state index contributed by atoms with van der Waals surface area (Å²) in [5.74, 6) is 0.0622. The lowest BCUT2D eigenvalue weighted by Crippen LogP contribution is -2.59. The van der Waals surface area contributed by atoms with Crippen LogP contribution in [0, 0.1) is 16.7 Å². The number of nitrogens with one attached hydrogen (secondary N) is 2. The Morgan fingerprint density at radius 2 is 1.79 bits per heavy atom. The van der Waals surface area contributed by atoms with Gasteiger partial charge >= 0.3 is 0 Å². The number of rotatable bonds is 2. The Kier molecular flexibility index (Phi) is 3.37. The van der Waals surface area contributed by atoms with Crippen molar-refractivity contribution in [3.05, 3.63) is 0 Å². The lowest BCUT2D eigenvalue weighted by atomic mass is 10.0. The van der Waals surface area contributed by atoms with E-state index in [1.54, 1.807) is 11.9 Å². The maximum atomic E-state index is 12.7. The van der Waals surface area contributed by atoms with E-state index in [1.807, 2.05) is 0 Å². The molecule has 5 heteroatoms. The van der Waals surface area contributed by atoms with Gasteiger partial charge in [-0.3, -0.25) is 9.59 Å². The number of nitrogens with zero attached hydrogens (tertiary/aromatic N) is 1. The Bertz CT molecular complexity index is 389. The van der Waals surface area contributed by atoms with Gasteiger partial charge in [-0.25, -0.2) is 0 Å². The fraction of sp³-hybridized carbons (Fsp3) is 0.857. The molecule has 5 nitrogen and oxygen atoms in total. The van der Waals surface area contributed by atoms with Gasteiger partial charge in [0.25, 0.3) is 0 Å². The van der Waals surface area contributed by atoms with E-state index in [9.17, 15) is 9.59 Å². The van der Waals surface area contributed by atoms with E-state index in [-0.39, 0.29) is 34.6 Å². The number of likely N-dealkylation sites (N-methyl/N-ethyl adjacent to an activating group) is 1. The first-order valence-electron chi connectivity index (χ1n) is 6.98. The highest BCUT2D eigenvalue weighted by atomic mass is 16.2. The molecule has 1 aliphatic carbocycles. The molecule has 0 spiro atoms. The van der Waals surface area contributed by atoms with Crippen LogP contribution in [-0.4, -0.2) is 49.4 Å². The van der Waals surface area contributed by atoms with Crippen LogP contribution in [0.15, 0.2) is 0 Å². The molecule has 1 saturated carbocycles. The number of carbonyl (C=O) groups is 2. The van der Waals surface area contributed by atoms with Crippen LogP contribution in [0.25, 0.3) is 0 Å². The van der Waals surface area contributed by atoms with E-state index in [0.717, 1.165) is 6.54 Å². The predicted octanol–water partition coefficient (Wildman–Crippen LogP) is 0.215. The molecule has 0 aromatic carbocycles. The second-order valence-electron chi connectivity index (χ2n) is 6.74. The summed E-state index contributed by atoms with van der Waals surface area (Å²) in [5.41, 5.74) is 0.0321. The summed E-state index contributed by atoms with van der Waals surface area (Å²) in [6.45, 7) is 10.4. The summed E-state index contributed by atoms with van der Waals surface area (Å²) >= 11 is 0. The van der Waals surface area contributed by atoms with Crippen LogP contribution in [0.5, 0.6) is 0 Å². The number of carbonyl (C=O) groups excluding carboxylic acids is 2. The molecule has 1 aliphatic heterocycles. The normalized spacial score (nSPS) is 28.9. The Hall–Kier alpha value is -1.10. The minimum Gasteiger partial charge on any atom is -0.357 e. The van der Waals surface area contributed by atoms with E-state index in [0.29, 0.717) is 13.1 Å². The zero-order chi connectivity index (χ0) is 14.4. The Balaban J connectivity index is 2.16. The standard InChI is InChI=1S/C14H25N3O2/c1-13(2)10(14(13,3)4)12(19)17-7-6-16-8-9(17)11(18)15-5/h9-10,16H,6-8H2,1-5H3,(H,15,18). The summed E-state index contributed by atoms with van der Waals surface area (Å²) in [4.78, 5) is 26.4. The van der Waals surface area contributed by atoms with Gasteiger partial charge in [-0.15, -0.1) is 0 Å². The van der Waals surface area contributed by atoms with Crippen molar-refractivity contribution < 1.29 is 9.59 Å². The predicted molar refractivity (Wildman–Crippen MR) is 73.5 cm³/mol. The average Bonchev–Trinajstić information content (AvgIpc) is 2.78. The van der Waals surface area contributed by atoms with Gasteiger partial charge in [0.2, 0.25) is 11.8 Å². The fourth-order valence-electron chi connectivity index (χ4n) is 3.35. The fourth-order valence-corrected chi connectivity index (χ4v) is 3.35. The van der Waals surface area contributed by atoms with Crippen LogP contribution >= 0.6 is 0 Å². The highest BCUT2D eigenvalue weighted by Gasteiger charge is 2.69. The first kappa shape index (κ1) is 14.3. The zero-order valence-corrected chi connectivity index (χ0v) is 12.5. The molecule has 108 valence electrons. The SMILES string of the molecule is CNC(=O)C1CNCCN1C(=O)C1C(C)(C)C1(C)C. The van der Waals surface area contributed by atoms with Crippen molar-refractivity contribution in [3.63, 3.8) is 0 Å². The average molecular weight is 267 g/mol. The quantitative estimate of drug-likeness (QED) is 0.752. The molecular weight excluding hydrogens is 242 g/mol. The van der Waals surface area contributed by atoms with Crippen molar-refractivity contribution >= 4 is 11.8 Å². The van der Waals surface area contributed by atoms with Gasteiger partial charge in [-0.2, -0.15) is 0 Å². The second kappa shape index (κ2) is 4.47. The molecule has 1 heterocycles. The van der Waals surface area contributed by atoms with Gasteiger partial charge in [0.1, 0.15) is 6.04 Å². The van der Waals surface area contributed by atoms with E-state index in [1.165, 1.54) is 0 Å². The summed E-state index contributed by atoms with van der Waals surface area (Å²) in [6.07, 6.45) is 0. The highest BCUT2D eigenvalue weighted by molar-refractivity contribution is 5.91. The maximum Gasteiger partial charge on any atom is 0.243 e. The van der Waals surface area contributed by atoms with Gasteiger partial charge in [0.15, 0.2) is 0 Å². The van der Waals surface area contributed by atoms with Crippen molar-refractivity contribution in [2.24, 2.45) is 16.7 Å². The molecule has 1 saturated heterocycles.